The number of benzene rings is 3. The van der Waals surface area contributed by atoms with Crippen molar-refractivity contribution >= 4 is 18.1 Å². The van der Waals surface area contributed by atoms with Gasteiger partial charge in [-0.25, -0.2) is 10.2 Å². The second kappa shape index (κ2) is 9.49. The number of hydrogen-bond acceptors (Lipinski definition) is 5. The number of nitrogens with one attached hydrogen (secondary N) is 1. The Morgan fingerprint density at radius 2 is 1.43 bits per heavy atom. The number of carboxylic acids is 1. The number of hydrogen-bond donors (Lipinski definition) is 3. The lowest BCUT2D eigenvalue weighted by atomic mass is 9.85. The smallest absolute Gasteiger partial charge is 0.341 e. The lowest BCUT2D eigenvalue weighted by Crippen LogP contribution is -2.43. The minimum Gasteiger partial charge on any atom is -0.482 e. The molecule has 7 heteroatoms. The van der Waals surface area contributed by atoms with Crippen molar-refractivity contribution in [2.75, 3.05) is 6.61 Å². The van der Waals surface area contributed by atoms with Crippen molar-refractivity contribution in [3.05, 3.63) is 102 Å². The summed E-state index contributed by atoms with van der Waals surface area (Å²) in [6, 6.07) is 23.8. The van der Waals surface area contributed by atoms with E-state index in [9.17, 15) is 14.7 Å². The van der Waals surface area contributed by atoms with E-state index in [0.29, 0.717) is 22.4 Å². The summed E-state index contributed by atoms with van der Waals surface area (Å²) in [7, 11) is 0. The molecule has 3 aromatic carbocycles. The zero-order valence-electron chi connectivity index (χ0n) is 15.9. The molecule has 0 fully saturated rings. The summed E-state index contributed by atoms with van der Waals surface area (Å²) in [6.07, 6.45) is 1.41. The van der Waals surface area contributed by atoms with Crippen LogP contribution in [0.15, 0.2) is 90.0 Å². The van der Waals surface area contributed by atoms with Crippen LogP contribution in [0.2, 0.25) is 0 Å². The fourth-order valence-electron chi connectivity index (χ4n) is 2.83. The first-order valence-corrected chi connectivity index (χ1v) is 9.12. The van der Waals surface area contributed by atoms with Crippen molar-refractivity contribution in [2.24, 2.45) is 5.10 Å². The third kappa shape index (κ3) is 4.89. The lowest BCUT2D eigenvalue weighted by molar-refractivity contribution is -0.139. The molecular weight excluding hydrogens is 384 g/mol. The monoisotopic (exact) mass is 404 g/mol. The minimum atomic E-state index is -1.91. The molecule has 1 amide bonds. The predicted octanol–water partition coefficient (Wildman–Crippen LogP) is 2.54. The van der Waals surface area contributed by atoms with Gasteiger partial charge in [-0.1, -0.05) is 60.7 Å². The van der Waals surface area contributed by atoms with Crippen LogP contribution in [0.1, 0.15) is 16.7 Å². The largest absolute Gasteiger partial charge is 0.482 e. The predicted molar refractivity (Wildman–Crippen MR) is 111 cm³/mol. The number of hydrazone groups is 1. The van der Waals surface area contributed by atoms with Crippen LogP contribution in [0.4, 0.5) is 0 Å². The van der Waals surface area contributed by atoms with Gasteiger partial charge in [-0.15, -0.1) is 0 Å². The van der Waals surface area contributed by atoms with Gasteiger partial charge in [0.05, 0.1) is 6.21 Å². The van der Waals surface area contributed by atoms with Crippen LogP contribution in [0.3, 0.4) is 0 Å². The Labute approximate surface area is 173 Å². The number of ether oxygens (including phenoxy) is 1. The van der Waals surface area contributed by atoms with Crippen LogP contribution >= 0.6 is 0 Å². The first-order chi connectivity index (χ1) is 14.5. The Kier molecular flexibility index (Phi) is 6.56. The fourth-order valence-corrected chi connectivity index (χ4v) is 2.83. The van der Waals surface area contributed by atoms with E-state index in [1.165, 1.54) is 6.21 Å². The van der Waals surface area contributed by atoms with Crippen molar-refractivity contribution in [3.8, 4) is 5.75 Å². The minimum absolute atomic E-state index is 0.404. The van der Waals surface area contributed by atoms with Gasteiger partial charge >= 0.3 is 5.97 Å². The van der Waals surface area contributed by atoms with Crippen LogP contribution in [0, 0.1) is 0 Å². The Hall–Kier alpha value is -3.97. The molecule has 0 atom stereocenters. The Balaban J connectivity index is 1.74. The van der Waals surface area contributed by atoms with Crippen molar-refractivity contribution in [3.63, 3.8) is 0 Å². The van der Waals surface area contributed by atoms with Crippen LogP contribution in [-0.2, 0) is 15.2 Å². The molecule has 0 spiro atoms. The maximum Gasteiger partial charge on any atom is 0.341 e. The topological polar surface area (TPSA) is 108 Å². The molecule has 0 saturated carbocycles. The summed E-state index contributed by atoms with van der Waals surface area (Å²) < 4.78 is 5.06. The zero-order valence-corrected chi connectivity index (χ0v) is 15.9. The second-order valence-corrected chi connectivity index (χ2v) is 6.39. The molecule has 0 aromatic heterocycles. The first kappa shape index (κ1) is 20.8. The van der Waals surface area contributed by atoms with Crippen LogP contribution < -0.4 is 10.2 Å². The Bertz CT molecular complexity index is 979. The van der Waals surface area contributed by atoms with Gasteiger partial charge in [-0.3, -0.25) is 4.79 Å². The number of carbonyl (C=O) groups is 2. The van der Waals surface area contributed by atoms with Crippen LogP contribution in [0.5, 0.6) is 5.75 Å². The van der Waals surface area contributed by atoms with E-state index in [-0.39, 0.29) is 0 Å². The average Bonchev–Trinajstić information content (AvgIpc) is 2.79. The highest BCUT2D eigenvalue weighted by Crippen LogP contribution is 2.29. The summed E-state index contributed by atoms with van der Waals surface area (Å²) in [6.45, 7) is -0.430. The zero-order chi connectivity index (χ0) is 21.4. The van der Waals surface area contributed by atoms with Gasteiger partial charge < -0.3 is 14.9 Å². The molecule has 0 bridgehead atoms. The van der Waals surface area contributed by atoms with Gasteiger partial charge in [-0.05, 0) is 41.0 Å². The second-order valence-electron chi connectivity index (χ2n) is 6.39. The molecule has 3 N–H and O–H groups in total. The molecule has 0 aliphatic carbocycles. The third-order valence-electron chi connectivity index (χ3n) is 4.33. The highest BCUT2D eigenvalue weighted by molar-refractivity contribution is 5.91. The van der Waals surface area contributed by atoms with E-state index in [1.54, 1.807) is 84.9 Å². The molecule has 30 heavy (non-hydrogen) atoms. The Morgan fingerprint density at radius 3 is 1.93 bits per heavy atom. The highest BCUT2D eigenvalue weighted by atomic mass is 16.5. The summed E-state index contributed by atoms with van der Waals surface area (Å²) >= 11 is 0. The van der Waals surface area contributed by atoms with E-state index in [2.05, 4.69) is 10.5 Å². The number of nitrogens with zero attached hydrogens (tertiary/aromatic N) is 1. The van der Waals surface area contributed by atoms with Crippen LogP contribution in [0.25, 0.3) is 0 Å². The molecule has 3 rings (SSSR count). The van der Waals surface area contributed by atoms with Crippen molar-refractivity contribution in [2.45, 2.75) is 5.60 Å². The summed E-state index contributed by atoms with van der Waals surface area (Å²) in [4.78, 5) is 23.4. The molecular formula is C23H20N2O5. The Morgan fingerprint density at radius 1 is 0.900 bits per heavy atom. The lowest BCUT2D eigenvalue weighted by Gasteiger charge is -2.27. The standard InChI is InChI=1S/C23H20N2O5/c26-21(27)16-30-20-13-11-17(12-14-20)15-24-25-22(28)23(29,18-7-3-1-4-8-18)19-9-5-2-6-10-19/h1-15,29H,16H2,(H,25,28)(H,26,27)/b24-15+. The number of aliphatic hydroxyl groups is 1. The molecule has 0 heterocycles. The molecule has 0 aliphatic heterocycles. The summed E-state index contributed by atoms with van der Waals surface area (Å²) in [5.41, 5.74) is 1.98. The maximum absolute atomic E-state index is 12.9. The van der Waals surface area contributed by atoms with E-state index in [0.717, 1.165) is 0 Å². The summed E-state index contributed by atoms with van der Waals surface area (Å²) in [5.74, 6) is -1.36. The highest BCUT2D eigenvalue weighted by Gasteiger charge is 2.39. The van der Waals surface area contributed by atoms with E-state index >= 15 is 0 Å². The maximum atomic E-state index is 12.9. The van der Waals surface area contributed by atoms with Gasteiger partial charge in [0.1, 0.15) is 5.75 Å². The number of carbonyl (C=O) groups excluding carboxylic acids is 1. The quantitative estimate of drug-likeness (QED) is 0.395. The van der Waals surface area contributed by atoms with E-state index in [4.69, 9.17) is 9.84 Å². The van der Waals surface area contributed by atoms with Gasteiger partial charge in [0, 0.05) is 0 Å². The SMILES string of the molecule is O=C(O)COc1ccc(/C=N/NC(=O)C(O)(c2ccccc2)c2ccccc2)cc1. The number of carboxylic acid groups (broad SMARTS) is 1. The van der Waals surface area contributed by atoms with Gasteiger partial charge in [0.2, 0.25) is 0 Å². The van der Waals surface area contributed by atoms with E-state index in [1.807, 2.05) is 0 Å². The van der Waals surface area contributed by atoms with Crippen LogP contribution in [-0.4, -0.2) is 34.9 Å². The van der Waals surface area contributed by atoms with Gasteiger partial charge in [-0.2, -0.15) is 5.10 Å². The van der Waals surface area contributed by atoms with Gasteiger partial charge in [0.25, 0.3) is 5.91 Å². The third-order valence-corrected chi connectivity index (χ3v) is 4.33. The fraction of sp³-hybridized carbons (Fsp3) is 0.0870. The number of rotatable bonds is 8. The molecule has 7 nitrogen and oxygen atoms in total. The molecule has 0 unspecified atom stereocenters. The number of aliphatic carboxylic acids is 1. The molecule has 3 aromatic rings. The van der Waals surface area contributed by atoms with Crippen molar-refractivity contribution in [1.29, 1.82) is 0 Å². The summed E-state index contributed by atoms with van der Waals surface area (Å²) in [5, 5.41) is 23.9. The molecule has 0 saturated heterocycles. The van der Waals surface area contributed by atoms with Gasteiger partial charge in [0.15, 0.2) is 12.2 Å². The van der Waals surface area contributed by atoms with E-state index < -0.39 is 24.1 Å². The first-order valence-electron chi connectivity index (χ1n) is 9.12. The van der Waals surface area contributed by atoms with Crippen molar-refractivity contribution < 1.29 is 24.5 Å². The average molecular weight is 404 g/mol. The molecule has 0 radical (unpaired) electrons. The van der Waals surface area contributed by atoms with Crippen molar-refractivity contribution in [1.82, 2.24) is 5.43 Å². The number of amides is 1. The normalized spacial score (nSPS) is 11.2. The molecule has 0 aliphatic rings. The molecule has 152 valence electrons.